The number of likely N-dealkylation sites (tertiary alicyclic amines) is 1. The van der Waals surface area contributed by atoms with Crippen LogP contribution in [0, 0.1) is 0 Å². The van der Waals surface area contributed by atoms with Crippen LogP contribution in [0.3, 0.4) is 0 Å². The third-order valence-corrected chi connectivity index (χ3v) is 6.00. The molecule has 7 nitrogen and oxygen atoms in total. The molecule has 0 saturated carbocycles. The van der Waals surface area contributed by atoms with Gasteiger partial charge in [0.2, 0.25) is 0 Å². The summed E-state index contributed by atoms with van der Waals surface area (Å²) in [5.74, 6) is -0.371. The summed E-state index contributed by atoms with van der Waals surface area (Å²) in [5, 5.41) is 11.2. The second kappa shape index (κ2) is 10.1. The van der Waals surface area contributed by atoms with Gasteiger partial charge in [-0.25, -0.2) is 0 Å². The molecular formula is C26H29NO6. The van der Waals surface area contributed by atoms with Gasteiger partial charge in [0.15, 0.2) is 0 Å². The number of hydrogen-bond acceptors (Lipinski definition) is 6. The molecule has 0 aliphatic carbocycles. The van der Waals surface area contributed by atoms with Crippen LogP contribution in [-0.2, 0) is 14.3 Å². The van der Waals surface area contributed by atoms with E-state index in [1.807, 2.05) is 25.1 Å². The number of aliphatic hydroxyl groups excluding tert-OH is 1. The van der Waals surface area contributed by atoms with Crippen molar-refractivity contribution in [3.8, 4) is 11.5 Å². The number of aliphatic hydroxyl groups is 1. The first-order valence-electron chi connectivity index (χ1n) is 11.3. The number of hydrogen-bond donors (Lipinski definition) is 1. The number of para-hydroxylation sites is 1. The summed E-state index contributed by atoms with van der Waals surface area (Å²) in [5.41, 5.74) is 1.13. The zero-order valence-electron chi connectivity index (χ0n) is 19.0. The van der Waals surface area contributed by atoms with Crippen LogP contribution < -0.4 is 9.47 Å². The number of nitrogens with zero attached hydrogens (tertiary/aromatic N) is 1. The second-order valence-corrected chi connectivity index (χ2v) is 8.20. The van der Waals surface area contributed by atoms with E-state index in [4.69, 9.17) is 14.2 Å². The largest absolute Gasteiger partial charge is 0.507 e. The molecule has 0 aromatic heterocycles. The molecule has 2 aromatic carbocycles. The lowest BCUT2D eigenvalue weighted by Crippen LogP contribution is -2.36. The molecule has 2 aliphatic heterocycles. The topological polar surface area (TPSA) is 85.3 Å². The van der Waals surface area contributed by atoms with Crippen molar-refractivity contribution in [3.05, 3.63) is 65.2 Å². The van der Waals surface area contributed by atoms with Crippen molar-refractivity contribution in [2.24, 2.45) is 0 Å². The van der Waals surface area contributed by atoms with Crippen molar-refractivity contribution in [1.29, 1.82) is 0 Å². The van der Waals surface area contributed by atoms with Crippen LogP contribution in [-0.4, -0.2) is 54.7 Å². The van der Waals surface area contributed by atoms with Gasteiger partial charge in [-0.15, -0.1) is 0 Å². The molecule has 4 rings (SSSR count). The Morgan fingerprint density at radius 2 is 1.91 bits per heavy atom. The SMILES string of the molecule is CCCOc1ccc(/C(O)=C2/C(=O)C(=O)N(CC3CCCO3)C2c2ccccc2OC)cc1. The molecule has 2 atom stereocenters. The zero-order chi connectivity index (χ0) is 23.4. The van der Waals surface area contributed by atoms with Gasteiger partial charge in [0.25, 0.3) is 11.7 Å². The van der Waals surface area contributed by atoms with Crippen molar-refractivity contribution in [3.63, 3.8) is 0 Å². The van der Waals surface area contributed by atoms with E-state index in [0.717, 1.165) is 19.3 Å². The van der Waals surface area contributed by atoms with Gasteiger partial charge in [-0.1, -0.05) is 25.1 Å². The van der Waals surface area contributed by atoms with Gasteiger partial charge in [0, 0.05) is 24.3 Å². The summed E-state index contributed by atoms with van der Waals surface area (Å²) in [6.07, 6.45) is 2.48. The van der Waals surface area contributed by atoms with E-state index >= 15 is 0 Å². The monoisotopic (exact) mass is 451 g/mol. The fourth-order valence-electron chi connectivity index (χ4n) is 4.38. The average Bonchev–Trinajstić information content (AvgIpc) is 3.45. The number of benzene rings is 2. The first-order valence-corrected chi connectivity index (χ1v) is 11.3. The van der Waals surface area contributed by atoms with Crippen molar-refractivity contribution in [2.75, 3.05) is 26.9 Å². The molecule has 1 N–H and O–H groups in total. The van der Waals surface area contributed by atoms with Gasteiger partial charge in [-0.05, 0) is 49.6 Å². The highest BCUT2D eigenvalue weighted by molar-refractivity contribution is 6.46. The quantitative estimate of drug-likeness (QED) is 0.370. The lowest BCUT2D eigenvalue weighted by Gasteiger charge is -2.28. The Kier molecular flexibility index (Phi) is 6.99. The number of Topliss-reactive ketones (excluding diaryl/α,β-unsaturated/α-hetero) is 1. The van der Waals surface area contributed by atoms with E-state index < -0.39 is 17.7 Å². The van der Waals surface area contributed by atoms with Crippen LogP contribution in [0.15, 0.2) is 54.1 Å². The minimum atomic E-state index is -0.777. The summed E-state index contributed by atoms with van der Waals surface area (Å²) in [6.45, 7) is 3.52. The molecule has 0 spiro atoms. The summed E-state index contributed by atoms with van der Waals surface area (Å²) in [4.78, 5) is 27.8. The van der Waals surface area contributed by atoms with E-state index in [0.29, 0.717) is 35.8 Å². The number of ketones is 1. The van der Waals surface area contributed by atoms with Crippen molar-refractivity contribution < 1.29 is 28.9 Å². The molecule has 2 unspecified atom stereocenters. The third-order valence-electron chi connectivity index (χ3n) is 6.00. The van der Waals surface area contributed by atoms with Crippen LogP contribution in [0.2, 0.25) is 0 Å². The Labute approximate surface area is 193 Å². The van der Waals surface area contributed by atoms with E-state index in [9.17, 15) is 14.7 Å². The average molecular weight is 452 g/mol. The number of methoxy groups -OCH3 is 1. The highest BCUT2D eigenvalue weighted by Gasteiger charge is 2.47. The Morgan fingerprint density at radius 3 is 2.58 bits per heavy atom. The van der Waals surface area contributed by atoms with Gasteiger partial charge in [-0.2, -0.15) is 0 Å². The lowest BCUT2D eigenvalue weighted by atomic mass is 9.94. The fraction of sp³-hybridized carbons (Fsp3) is 0.385. The number of rotatable bonds is 8. The Morgan fingerprint density at radius 1 is 1.15 bits per heavy atom. The van der Waals surface area contributed by atoms with Crippen molar-refractivity contribution >= 4 is 17.4 Å². The fourth-order valence-corrected chi connectivity index (χ4v) is 4.38. The standard InChI is InChI=1S/C26H29NO6/c1-3-14-32-18-12-10-17(11-13-18)24(28)22-23(20-8-4-5-9-21(20)31-2)27(26(30)25(22)29)16-19-7-6-15-33-19/h4-5,8-13,19,23,28H,3,6-7,14-16H2,1-2H3/b24-22-. The van der Waals surface area contributed by atoms with E-state index in [2.05, 4.69) is 0 Å². The van der Waals surface area contributed by atoms with Gasteiger partial charge < -0.3 is 24.2 Å². The van der Waals surface area contributed by atoms with Crippen LogP contribution in [0.25, 0.3) is 5.76 Å². The molecular weight excluding hydrogens is 422 g/mol. The normalized spacial score (nSPS) is 22.1. The van der Waals surface area contributed by atoms with E-state index in [-0.39, 0.29) is 24.0 Å². The minimum Gasteiger partial charge on any atom is -0.507 e. The highest BCUT2D eigenvalue weighted by Crippen LogP contribution is 2.43. The molecule has 7 heteroatoms. The molecule has 2 fully saturated rings. The Bertz CT molecular complexity index is 1040. The molecule has 0 bridgehead atoms. The highest BCUT2D eigenvalue weighted by atomic mass is 16.5. The van der Waals surface area contributed by atoms with E-state index in [1.165, 1.54) is 4.90 Å². The van der Waals surface area contributed by atoms with Gasteiger partial charge in [-0.3, -0.25) is 9.59 Å². The number of carbonyl (C=O) groups is 2. The first-order chi connectivity index (χ1) is 16.0. The molecule has 33 heavy (non-hydrogen) atoms. The van der Waals surface area contributed by atoms with Crippen LogP contribution in [0.5, 0.6) is 11.5 Å². The molecule has 174 valence electrons. The molecule has 2 aliphatic rings. The predicted molar refractivity (Wildman–Crippen MR) is 123 cm³/mol. The van der Waals surface area contributed by atoms with Crippen LogP contribution in [0.4, 0.5) is 0 Å². The third kappa shape index (κ3) is 4.59. The van der Waals surface area contributed by atoms with Crippen molar-refractivity contribution in [2.45, 2.75) is 38.3 Å². The summed E-state index contributed by atoms with van der Waals surface area (Å²) < 4.78 is 16.9. The number of carbonyl (C=O) groups excluding carboxylic acids is 2. The predicted octanol–water partition coefficient (Wildman–Crippen LogP) is 4.08. The minimum absolute atomic E-state index is 0.0460. The maximum Gasteiger partial charge on any atom is 0.295 e. The zero-order valence-corrected chi connectivity index (χ0v) is 19.0. The molecule has 2 saturated heterocycles. The molecule has 2 aromatic rings. The maximum absolute atomic E-state index is 13.2. The molecule has 1 amide bonds. The molecule has 2 heterocycles. The Balaban J connectivity index is 1.78. The van der Waals surface area contributed by atoms with Gasteiger partial charge in [0.1, 0.15) is 17.3 Å². The second-order valence-electron chi connectivity index (χ2n) is 8.20. The first kappa shape index (κ1) is 22.9. The number of amides is 1. The van der Waals surface area contributed by atoms with Crippen LogP contribution in [0.1, 0.15) is 43.4 Å². The van der Waals surface area contributed by atoms with Crippen LogP contribution >= 0.6 is 0 Å². The summed E-state index contributed by atoms with van der Waals surface area (Å²) in [6, 6.07) is 13.3. The summed E-state index contributed by atoms with van der Waals surface area (Å²) >= 11 is 0. The van der Waals surface area contributed by atoms with Crippen molar-refractivity contribution in [1.82, 2.24) is 4.90 Å². The summed E-state index contributed by atoms with van der Waals surface area (Å²) in [7, 11) is 1.54. The lowest BCUT2D eigenvalue weighted by molar-refractivity contribution is -0.140. The van der Waals surface area contributed by atoms with E-state index in [1.54, 1.807) is 37.4 Å². The molecule has 0 radical (unpaired) electrons. The Hall–Kier alpha value is -3.32. The maximum atomic E-state index is 13.2. The number of ether oxygens (including phenoxy) is 3. The van der Waals surface area contributed by atoms with Gasteiger partial charge >= 0.3 is 0 Å². The van der Waals surface area contributed by atoms with Gasteiger partial charge in [0.05, 0.1) is 31.4 Å². The smallest absolute Gasteiger partial charge is 0.295 e.